The molecular formula is C26H22N2O4S. The molecule has 0 bridgehead atoms. The van der Waals surface area contributed by atoms with E-state index >= 15 is 0 Å². The Balaban J connectivity index is 1.66. The van der Waals surface area contributed by atoms with Gasteiger partial charge < -0.3 is 9.52 Å². The average molecular weight is 459 g/mol. The highest BCUT2D eigenvalue weighted by Gasteiger charge is 2.46. The maximum atomic E-state index is 13.4. The third-order valence-corrected chi connectivity index (χ3v) is 6.88. The molecule has 0 fully saturated rings. The summed E-state index contributed by atoms with van der Waals surface area (Å²) in [5.74, 6) is -1.09. The summed E-state index contributed by atoms with van der Waals surface area (Å²) < 4.78 is 6.47. The minimum atomic E-state index is -0.817. The second kappa shape index (κ2) is 8.01. The van der Waals surface area contributed by atoms with Crippen molar-refractivity contribution in [2.24, 2.45) is 0 Å². The summed E-state index contributed by atoms with van der Waals surface area (Å²) >= 11 is 1.37. The molecule has 0 aliphatic carbocycles. The van der Waals surface area contributed by atoms with Crippen LogP contribution in [0.15, 0.2) is 70.3 Å². The number of fused-ring (bicyclic) bond motifs is 1. The molecule has 33 heavy (non-hydrogen) atoms. The second-order valence-corrected chi connectivity index (χ2v) is 9.15. The lowest BCUT2D eigenvalue weighted by Gasteiger charge is -2.24. The number of benzene rings is 2. The van der Waals surface area contributed by atoms with Crippen LogP contribution >= 0.6 is 11.3 Å². The van der Waals surface area contributed by atoms with Crippen molar-refractivity contribution in [3.05, 3.63) is 94.1 Å². The number of ketones is 1. The van der Waals surface area contributed by atoms with Crippen LogP contribution in [0.1, 0.15) is 46.0 Å². The van der Waals surface area contributed by atoms with Crippen LogP contribution in [0, 0.1) is 13.8 Å². The largest absolute Gasteiger partial charge is 0.503 e. The number of Topliss-reactive ketones (excluding diaryl/α,β-unsaturated/α-hetero) is 1. The molecule has 1 aliphatic rings. The first-order chi connectivity index (χ1) is 15.9. The van der Waals surface area contributed by atoms with Crippen LogP contribution < -0.4 is 4.90 Å². The van der Waals surface area contributed by atoms with E-state index in [0.717, 1.165) is 22.2 Å². The van der Waals surface area contributed by atoms with E-state index in [9.17, 15) is 14.7 Å². The van der Waals surface area contributed by atoms with Gasteiger partial charge in [-0.2, -0.15) is 0 Å². The van der Waals surface area contributed by atoms with Gasteiger partial charge in [-0.25, -0.2) is 4.98 Å². The zero-order valence-corrected chi connectivity index (χ0v) is 19.3. The van der Waals surface area contributed by atoms with Crippen LogP contribution in [0.25, 0.3) is 10.2 Å². The number of aromatic nitrogens is 1. The van der Waals surface area contributed by atoms with Crippen LogP contribution in [0.3, 0.4) is 0 Å². The summed E-state index contributed by atoms with van der Waals surface area (Å²) in [6.07, 6.45) is 0.890. The van der Waals surface area contributed by atoms with Crippen LogP contribution in [0.2, 0.25) is 0 Å². The number of aliphatic hydroxyl groups excluding tert-OH is 1. The molecule has 166 valence electrons. The van der Waals surface area contributed by atoms with E-state index in [-0.39, 0.29) is 11.3 Å². The lowest BCUT2D eigenvalue weighted by molar-refractivity contribution is -0.117. The van der Waals surface area contributed by atoms with Crippen molar-refractivity contribution < 1.29 is 19.1 Å². The zero-order chi connectivity index (χ0) is 23.3. The fourth-order valence-corrected chi connectivity index (χ4v) is 5.12. The number of amides is 1. The number of hydrogen-bond acceptors (Lipinski definition) is 6. The molecule has 0 spiro atoms. The van der Waals surface area contributed by atoms with Crippen molar-refractivity contribution >= 4 is 38.4 Å². The first-order valence-electron chi connectivity index (χ1n) is 10.7. The van der Waals surface area contributed by atoms with Crippen LogP contribution in [-0.2, 0) is 11.2 Å². The molecule has 1 amide bonds. The highest BCUT2D eigenvalue weighted by Crippen LogP contribution is 2.44. The summed E-state index contributed by atoms with van der Waals surface area (Å²) in [6.45, 7) is 5.78. The molecule has 5 rings (SSSR count). The van der Waals surface area contributed by atoms with E-state index in [1.54, 1.807) is 19.1 Å². The lowest BCUT2D eigenvalue weighted by atomic mass is 9.94. The summed E-state index contributed by atoms with van der Waals surface area (Å²) in [5, 5.41) is 11.3. The normalized spacial score (nSPS) is 16.3. The Morgan fingerprint density at radius 1 is 1.12 bits per heavy atom. The molecule has 7 heteroatoms. The van der Waals surface area contributed by atoms with E-state index < -0.39 is 23.5 Å². The average Bonchev–Trinajstić information content (AvgIpc) is 3.49. The van der Waals surface area contributed by atoms with Crippen molar-refractivity contribution in [1.29, 1.82) is 0 Å². The third kappa shape index (κ3) is 3.54. The Kier molecular flexibility index (Phi) is 5.13. The van der Waals surface area contributed by atoms with Crippen LogP contribution in [0.4, 0.5) is 5.13 Å². The van der Waals surface area contributed by atoms with Crippen molar-refractivity contribution in [3.8, 4) is 0 Å². The van der Waals surface area contributed by atoms with E-state index in [0.29, 0.717) is 16.5 Å². The van der Waals surface area contributed by atoms with Crippen molar-refractivity contribution in [3.63, 3.8) is 0 Å². The molecule has 0 unspecified atom stereocenters. The minimum absolute atomic E-state index is 0.00768. The Bertz CT molecular complexity index is 1430. The van der Waals surface area contributed by atoms with Crippen molar-refractivity contribution in [2.75, 3.05) is 4.90 Å². The smallest absolute Gasteiger partial charge is 0.296 e. The predicted octanol–water partition coefficient (Wildman–Crippen LogP) is 5.85. The Labute approximate surface area is 194 Å². The lowest BCUT2D eigenvalue weighted by Crippen LogP contribution is -2.30. The Hall–Kier alpha value is -3.71. The first kappa shape index (κ1) is 21.2. The van der Waals surface area contributed by atoms with Gasteiger partial charge in [0.1, 0.15) is 5.76 Å². The van der Waals surface area contributed by atoms with Gasteiger partial charge >= 0.3 is 0 Å². The molecule has 4 aromatic rings. The molecule has 1 atom stereocenters. The summed E-state index contributed by atoms with van der Waals surface area (Å²) in [5.41, 5.74) is 3.68. The number of furan rings is 1. The van der Waals surface area contributed by atoms with Gasteiger partial charge in [-0.05, 0) is 55.7 Å². The number of carbonyl (C=O) groups excluding carboxylic acids is 2. The van der Waals surface area contributed by atoms with Gasteiger partial charge in [0, 0.05) is 0 Å². The van der Waals surface area contributed by atoms with E-state index in [1.165, 1.54) is 21.8 Å². The summed E-state index contributed by atoms with van der Waals surface area (Å²) in [4.78, 5) is 32.8. The standard InChI is InChI=1S/C26H22N2O4S/c1-4-16-8-11-18-20(13-16)33-26(27-18)28-22(17-9-5-14(2)6-10-17)21(24(30)25(28)31)23(29)19-12-7-15(3)32-19/h5-13,22,30H,4H2,1-3H3/t22-/m0/s1. The molecule has 0 radical (unpaired) electrons. The van der Waals surface area contributed by atoms with Crippen LogP contribution in [0.5, 0.6) is 0 Å². The van der Waals surface area contributed by atoms with E-state index in [2.05, 4.69) is 18.0 Å². The molecule has 3 heterocycles. The number of anilines is 1. The molecular weight excluding hydrogens is 436 g/mol. The number of carbonyl (C=O) groups is 2. The third-order valence-electron chi connectivity index (χ3n) is 5.87. The Morgan fingerprint density at radius 2 is 1.88 bits per heavy atom. The molecule has 0 saturated carbocycles. The topological polar surface area (TPSA) is 83.6 Å². The predicted molar refractivity (Wildman–Crippen MR) is 128 cm³/mol. The van der Waals surface area contributed by atoms with Gasteiger partial charge in [-0.1, -0.05) is 54.2 Å². The van der Waals surface area contributed by atoms with Crippen molar-refractivity contribution in [1.82, 2.24) is 4.98 Å². The van der Waals surface area contributed by atoms with Gasteiger partial charge in [0.05, 0.1) is 21.8 Å². The van der Waals surface area contributed by atoms with Gasteiger partial charge in [0.15, 0.2) is 16.7 Å². The second-order valence-electron chi connectivity index (χ2n) is 8.14. The maximum absolute atomic E-state index is 13.4. The minimum Gasteiger partial charge on any atom is -0.503 e. The summed E-state index contributed by atoms with van der Waals surface area (Å²) in [6, 6.07) is 16.0. The zero-order valence-electron chi connectivity index (χ0n) is 18.5. The van der Waals surface area contributed by atoms with Gasteiger partial charge in [-0.15, -0.1) is 0 Å². The fraction of sp³-hybridized carbons (Fsp3) is 0.192. The molecule has 2 aromatic heterocycles. The molecule has 2 aromatic carbocycles. The monoisotopic (exact) mass is 458 g/mol. The van der Waals surface area contributed by atoms with Gasteiger partial charge in [0.25, 0.3) is 5.91 Å². The molecule has 1 N–H and O–H groups in total. The molecule has 1 aliphatic heterocycles. The quantitative estimate of drug-likeness (QED) is 0.379. The fourth-order valence-electron chi connectivity index (χ4n) is 4.07. The maximum Gasteiger partial charge on any atom is 0.296 e. The van der Waals surface area contributed by atoms with E-state index in [4.69, 9.17) is 4.42 Å². The SMILES string of the molecule is CCc1ccc2nc(N3C(=O)C(O)=C(C(=O)c4ccc(C)o4)[C@@H]3c3ccc(C)cc3)sc2c1. The number of aryl methyl sites for hydroxylation is 3. The van der Waals surface area contributed by atoms with Crippen molar-refractivity contribution in [2.45, 2.75) is 33.2 Å². The van der Waals surface area contributed by atoms with Gasteiger partial charge in [0.2, 0.25) is 5.78 Å². The molecule has 0 saturated heterocycles. The number of rotatable bonds is 5. The Morgan fingerprint density at radius 3 is 2.55 bits per heavy atom. The number of aliphatic hydroxyl groups is 1. The highest BCUT2D eigenvalue weighted by atomic mass is 32.1. The highest BCUT2D eigenvalue weighted by molar-refractivity contribution is 7.22. The van der Waals surface area contributed by atoms with Crippen LogP contribution in [-0.4, -0.2) is 21.8 Å². The first-order valence-corrected chi connectivity index (χ1v) is 11.5. The number of thiazole rings is 1. The van der Waals surface area contributed by atoms with Gasteiger partial charge in [-0.3, -0.25) is 14.5 Å². The molecule has 6 nitrogen and oxygen atoms in total. The number of nitrogens with zero attached hydrogens (tertiary/aromatic N) is 2. The number of hydrogen-bond donors (Lipinski definition) is 1. The van der Waals surface area contributed by atoms with E-state index in [1.807, 2.05) is 43.3 Å². The summed E-state index contributed by atoms with van der Waals surface area (Å²) in [7, 11) is 0.